The largest absolute Gasteiger partial charge is 0.462 e. The fraction of sp³-hybridized carbons (Fsp3) is 0.565. The van der Waals surface area contributed by atoms with E-state index in [4.69, 9.17) is 4.74 Å². The van der Waals surface area contributed by atoms with E-state index in [9.17, 15) is 9.59 Å². The summed E-state index contributed by atoms with van der Waals surface area (Å²) in [6, 6.07) is 5.19. The number of unbranched alkanes of at least 4 members (excludes halogenated alkanes) is 2. The van der Waals surface area contributed by atoms with Crippen LogP contribution in [0.3, 0.4) is 0 Å². The van der Waals surface area contributed by atoms with E-state index >= 15 is 0 Å². The zero-order chi connectivity index (χ0) is 20.5. The number of carbonyl (C=O) groups is 1. The Kier molecular flexibility index (Phi) is 8.71. The molecule has 0 fully saturated rings. The summed E-state index contributed by atoms with van der Waals surface area (Å²) >= 11 is 0. The molecule has 2 rings (SSSR count). The lowest BCUT2D eigenvalue weighted by atomic mass is 10.1. The Hall–Kier alpha value is -2.14. The quantitative estimate of drug-likeness (QED) is 0.581. The van der Waals surface area contributed by atoms with E-state index in [0.29, 0.717) is 17.6 Å². The molecule has 0 radical (unpaired) electrons. The third-order valence-corrected chi connectivity index (χ3v) is 5.18. The smallest absolute Gasteiger partial charge is 0.338 e. The summed E-state index contributed by atoms with van der Waals surface area (Å²) in [6.45, 7) is 11.6. The van der Waals surface area contributed by atoms with Gasteiger partial charge in [-0.1, -0.05) is 33.6 Å². The summed E-state index contributed by atoms with van der Waals surface area (Å²) < 4.78 is 5.22. The van der Waals surface area contributed by atoms with Crippen LogP contribution in [-0.4, -0.2) is 30.6 Å². The molecule has 0 atom stereocenters. The molecule has 0 saturated carbocycles. The molecule has 1 aromatic carbocycles. The van der Waals surface area contributed by atoms with Crippen molar-refractivity contribution >= 4 is 16.9 Å². The number of H-pyrrole nitrogens is 1. The fourth-order valence-electron chi connectivity index (χ4n) is 3.47. The molecule has 0 unspecified atom stereocenters. The maximum absolute atomic E-state index is 13.2. The van der Waals surface area contributed by atoms with Gasteiger partial charge in [-0.05, 0) is 44.4 Å². The van der Waals surface area contributed by atoms with Crippen LogP contribution in [0.25, 0.3) is 10.9 Å². The van der Waals surface area contributed by atoms with Crippen LogP contribution in [0.15, 0.2) is 23.0 Å². The molecule has 28 heavy (non-hydrogen) atoms. The van der Waals surface area contributed by atoms with Crippen molar-refractivity contribution < 1.29 is 14.4 Å². The predicted molar refractivity (Wildman–Crippen MR) is 114 cm³/mol. The molecule has 0 spiro atoms. The van der Waals surface area contributed by atoms with Crippen molar-refractivity contribution in [1.29, 1.82) is 0 Å². The molecule has 0 aliphatic rings. The summed E-state index contributed by atoms with van der Waals surface area (Å²) in [6.07, 6.45) is 5.42. The number of ether oxygens (including phenoxy) is 1. The first-order valence-corrected chi connectivity index (χ1v) is 10.7. The van der Waals surface area contributed by atoms with Gasteiger partial charge in [-0.15, -0.1) is 0 Å². The molecule has 5 nitrogen and oxygen atoms in total. The topological polar surface area (TPSA) is 63.6 Å². The number of nitrogens with one attached hydrogen (secondary N) is 2. The summed E-state index contributed by atoms with van der Waals surface area (Å²) in [7, 11) is 0. The second-order valence-corrected chi connectivity index (χ2v) is 7.59. The molecule has 0 amide bonds. The van der Waals surface area contributed by atoms with Crippen LogP contribution in [-0.2, 0) is 11.3 Å². The molecule has 2 N–H and O–H groups in total. The van der Waals surface area contributed by atoms with Crippen LogP contribution >= 0.6 is 0 Å². The normalized spacial score (nSPS) is 11.3. The molecule has 0 bridgehead atoms. The van der Waals surface area contributed by atoms with Crippen molar-refractivity contribution in [3.8, 4) is 0 Å². The highest BCUT2D eigenvalue weighted by molar-refractivity contribution is 5.94. The molecule has 1 aromatic heterocycles. The second kappa shape index (κ2) is 11.0. The van der Waals surface area contributed by atoms with Crippen LogP contribution in [0.4, 0.5) is 0 Å². The van der Waals surface area contributed by atoms with Crippen molar-refractivity contribution in [2.45, 2.75) is 66.3 Å². The van der Waals surface area contributed by atoms with Crippen molar-refractivity contribution in [2.75, 3.05) is 19.7 Å². The SMILES string of the molecule is CCCC[NH+](CCCC)Cc1c(C)[nH]c2ccc(C(=O)OCCC)cc2c1=O. The van der Waals surface area contributed by atoms with E-state index in [-0.39, 0.29) is 11.4 Å². The monoisotopic (exact) mass is 387 g/mol. The molecule has 0 aliphatic carbocycles. The van der Waals surface area contributed by atoms with Gasteiger partial charge < -0.3 is 14.6 Å². The summed E-state index contributed by atoms with van der Waals surface area (Å²) in [5.41, 5.74) is 2.98. The van der Waals surface area contributed by atoms with Crippen molar-refractivity contribution in [3.05, 3.63) is 45.2 Å². The number of aryl methyl sites for hydroxylation is 1. The maximum Gasteiger partial charge on any atom is 0.338 e. The third kappa shape index (κ3) is 5.68. The Balaban J connectivity index is 2.36. The average molecular weight is 388 g/mol. The summed E-state index contributed by atoms with van der Waals surface area (Å²) in [4.78, 5) is 30.2. The minimum atomic E-state index is -0.372. The molecule has 0 aliphatic heterocycles. The Bertz CT molecular complexity index is 834. The Morgan fingerprint density at radius 3 is 2.36 bits per heavy atom. The van der Waals surface area contributed by atoms with E-state index < -0.39 is 0 Å². The fourth-order valence-corrected chi connectivity index (χ4v) is 3.47. The van der Waals surface area contributed by atoms with Crippen molar-refractivity contribution in [1.82, 2.24) is 4.98 Å². The number of quaternary nitrogens is 1. The average Bonchev–Trinajstić information content (AvgIpc) is 2.70. The van der Waals surface area contributed by atoms with Crippen LogP contribution in [0.1, 0.15) is 74.5 Å². The Morgan fingerprint density at radius 2 is 1.75 bits per heavy atom. The van der Waals surface area contributed by atoms with Crippen LogP contribution in [0.2, 0.25) is 0 Å². The van der Waals surface area contributed by atoms with Gasteiger partial charge in [-0.2, -0.15) is 0 Å². The van der Waals surface area contributed by atoms with Crippen LogP contribution in [0, 0.1) is 6.92 Å². The number of pyridine rings is 1. The number of fused-ring (bicyclic) bond motifs is 1. The van der Waals surface area contributed by atoms with Gasteiger partial charge in [0.25, 0.3) is 0 Å². The molecule has 2 aromatic rings. The van der Waals surface area contributed by atoms with E-state index in [2.05, 4.69) is 18.8 Å². The highest BCUT2D eigenvalue weighted by Crippen LogP contribution is 2.14. The van der Waals surface area contributed by atoms with Crippen molar-refractivity contribution in [3.63, 3.8) is 0 Å². The standard InChI is InChI=1S/C23H34N2O3/c1-5-8-12-25(13-9-6-2)16-20-17(4)24-21-11-10-18(15-19(21)22(20)26)23(27)28-14-7-3/h10-11,15H,5-9,12-14,16H2,1-4H3,(H,24,26)/p+1. The van der Waals surface area contributed by atoms with E-state index in [0.717, 1.165) is 68.5 Å². The zero-order valence-electron chi connectivity index (χ0n) is 17.8. The highest BCUT2D eigenvalue weighted by Gasteiger charge is 2.17. The summed E-state index contributed by atoms with van der Waals surface area (Å²) in [5, 5.41) is 0.567. The lowest BCUT2D eigenvalue weighted by Crippen LogP contribution is -3.10. The van der Waals surface area contributed by atoms with E-state index in [1.165, 1.54) is 4.90 Å². The van der Waals surface area contributed by atoms with Gasteiger partial charge in [0.2, 0.25) is 0 Å². The summed E-state index contributed by atoms with van der Waals surface area (Å²) in [5.74, 6) is -0.372. The first kappa shape index (κ1) is 22.2. The van der Waals surface area contributed by atoms with Gasteiger partial charge in [0.05, 0.1) is 30.8 Å². The van der Waals surface area contributed by atoms with Gasteiger partial charge in [0.15, 0.2) is 5.43 Å². The minimum absolute atomic E-state index is 0.0295. The number of hydrogen-bond acceptors (Lipinski definition) is 3. The Labute approximate surface area is 168 Å². The van der Waals surface area contributed by atoms with E-state index in [1.54, 1.807) is 18.2 Å². The van der Waals surface area contributed by atoms with Crippen molar-refractivity contribution in [2.24, 2.45) is 0 Å². The number of hydrogen-bond donors (Lipinski definition) is 2. The zero-order valence-corrected chi connectivity index (χ0v) is 17.8. The van der Waals surface area contributed by atoms with Crippen LogP contribution < -0.4 is 10.3 Å². The lowest BCUT2D eigenvalue weighted by molar-refractivity contribution is -0.914. The molecular formula is C23H35N2O3+. The third-order valence-electron chi connectivity index (χ3n) is 5.18. The maximum atomic E-state index is 13.2. The second-order valence-electron chi connectivity index (χ2n) is 7.59. The molecule has 154 valence electrons. The van der Waals surface area contributed by atoms with Gasteiger partial charge in [0.1, 0.15) is 6.54 Å². The van der Waals surface area contributed by atoms with Gasteiger partial charge >= 0.3 is 5.97 Å². The molecular weight excluding hydrogens is 352 g/mol. The minimum Gasteiger partial charge on any atom is -0.462 e. The van der Waals surface area contributed by atoms with Gasteiger partial charge in [-0.25, -0.2) is 4.79 Å². The van der Waals surface area contributed by atoms with Gasteiger partial charge in [-0.3, -0.25) is 4.79 Å². The van der Waals surface area contributed by atoms with Gasteiger partial charge in [0, 0.05) is 16.6 Å². The molecule has 5 heteroatoms. The predicted octanol–water partition coefficient (Wildman–Crippen LogP) is 3.39. The number of carbonyl (C=O) groups excluding carboxylic acids is 1. The first-order chi connectivity index (χ1) is 13.5. The lowest BCUT2D eigenvalue weighted by Gasteiger charge is -2.20. The number of aromatic nitrogens is 1. The number of esters is 1. The molecule has 1 heterocycles. The van der Waals surface area contributed by atoms with E-state index in [1.807, 2.05) is 13.8 Å². The number of rotatable bonds is 11. The Morgan fingerprint density at radius 1 is 1.07 bits per heavy atom. The first-order valence-electron chi connectivity index (χ1n) is 10.7. The highest BCUT2D eigenvalue weighted by atomic mass is 16.5. The number of benzene rings is 1. The van der Waals surface area contributed by atoms with Crippen LogP contribution in [0.5, 0.6) is 0 Å². The number of aromatic amines is 1. The molecule has 0 saturated heterocycles.